The molecule has 1 aromatic rings. The first-order chi connectivity index (χ1) is 10.0. The lowest BCUT2D eigenvalue weighted by molar-refractivity contribution is -0.131. The number of benzene rings is 1. The van der Waals surface area contributed by atoms with E-state index in [2.05, 4.69) is 4.72 Å². The van der Waals surface area contributed by atoms with E-state index in [1.54, 1.807) is 11.0 Å². The van der Waals surface area contributed by atoms with Crippen molar-refractivity contribution >= 4 is 15.9 Å². The van der Waals surface area contributed by atoms with Crippen molar-refractivity contribution < 1.29 is 18.3 Å². The van der Waals surface area contributed by atoms with Crippen LogP contribution in [0, 0.1) is 0 Å². The smallest absolute Gasteiger partial charge is 0.244 e. The summed E-state index contributed by atoms with van der Waals surface area (Å²) >= 11 is 0. The number of nitrogens with zero attached hydrogens (tertiary/aromatic N) is 1. The van der Waals surface area contributed by atoms with Gasteiger partial charge in [-0.15, -0.1) is 0 Å². The molecule has 1 heterocycles. The Morgan fingerprint density at radius 1 is 1.19 bits per heavy atom. The number of hydrogen-bond donors (Lipinski definition) is 2. The fraction of sp³-hybridized carbons (Fsp3) is 0.500. The number of nitrogens with one attached hydrogen (secondary N) is 1. The molecular formula is C14H20N2O4S. The van der Waals surface area contributed by atoms with Crippen molar-refractivity contribution in [2.75, 3.05) is 19.6 Å². The van der Waals surface area contributed by atoms with Crippen molar-refractivity contribution in [3.05, 3.63) is 24.3 Å². The monoisotopic (exact) mass is 312 g/mol. The lowest BCUT2D eigenvalue weighted by Gasteiger charge is -2.26. The molecule has 116 valence electrons. The van der Waals surface area contributed by atoms with E-state index in [9.17, 15) is 18.3 Å². The quantitative estimate of drug-likeness (QED) is 0.851. The number of likely N-dealkylation sites (tertiary alicyclic amines) is 1. The van der Waals surface area contributed by atoms with Crippen molar-refractivity contribution in [2.24, 2.45) is 0 Å². The predicted molar refractivity (Wildman–Crippen MR) is 78.3 cm³/mol. The number of carbonyl (C=O) groups excluding carboxylic acids is 1. The summed E-state index contributed by atoms with van der Waals surface area (Å²) in [5.74, 6) is -0.331. The highest BCUT2D eigenvalue weighted by atomic mass is 32.2. The molecular weight excluding hydrogens is 292 g/mol. The molecule has 0 aliphatic carbocycles. The van der Waals surface area contributed by atoms with Gasteiger partial charge in [-0.05, 0) is 31.4 Å². The van der Waals surface area contributed by atoms with Crippen molar-refractivity contribution in [3.63, 3.8) is 0 Å². The first-order valence-electron chi connectivity index (χ1n) is 7.06. The van der Waals surface area contributed by atoms with Gasteiger partial charge in [0.1, 0.15) is 10.6 Å². The topological polar surface area (TPSA) is 86.7 Å². The largest absolute Gasteiger partial charge is 0.507 e. The van der Waals surface area contributed by atoms with Crippen LogP contribution in [0.15, 0.2) is 29.2 Å². The molecule has 0 radical (unpaired) electrons. The highest BCUT2D eigenvalue weighted by Crippen LogP contribution is 2.20. The summed E-state index contributed by atoms with van der Waals surface area (Å²) in [6, 6.07) is 5.72. The fourth-order valence-corrected chi connectivity index (χ4v) is 3.48. The van der Waals surface area contributed by atoms with Gasteiger partial charge in [0.05, 0.1) is 0 Å². The molecule has 2 rings (SSSR count). The van der Waals surface area contributed by atoms with Crippen LogP contribution >= 0.6 is 0 Å². The predicted octanol–water partition coefficient (Wildman–Crippen LogP) is 1.07. The van der Waals surface area contributed by atoms with Gasteiger partial charge in [0.25, 0.3) is 0 Å². The van der Waals surface area contributed by atoms with Crippen molar-refractivity contribution in [2.45, 2.75) is 30.6 Å². The summed E-state index contributed by atoms with van der Waals surface area (Å²) in [5, 5.41) is 9.56. The van der Waals surface area contributed by atoms with E-state index in [1.165, 1.54) is 18.2 Å². The molecule has 1 amide bonds. The van der Waals surface area contributed by atoms with E-state index >= 15 is 0 Å². The molecule has 1 aliphatic rings. The SMILES string of the molecule is O=C(CCNS(=O)(=O)c1ccccc1O)N1CCCCC1. The van der Waals surface area contributed by atoms with E-state index in [4.69, 9.17) is 0 Å². The second kappa shape index (κ2) is 6.91. The molecule has 1 fully saturated rings. The maximum absolute atomic E-state index is 12.0. The highest BCUT2D eigenvalue weighted by molar-refractivity contribution is 7.89. The Labute approximate surface area is 124 Å². The molecule has 7 heteroatoms. The molecule has 6 nitrogen and oxygen atoms in total. The minimum absolute atomic E-state index is 0.0327. The summed E-state index contributed by atoms with van der Waals surface area (Å²) < 4.78 is 26.4. The van der Waals surface area contributed by atoms with Gasteiger partial charge in [0.2, 0.25) is 15.9 Å². The second-order valence-corrected chi connectivity index (χ2v) is 6.79. The zero-order valence-electron chi connectivity index (χ0n) is 11.8. The number of phenols is 1. The molecule has 0 spiro atoms. The van der Waals surface area contributed by atoms with Crippen LogP contribution in [0.25, 0.3) is 0 Å². The van der Waals surface area contributed by atoms with Crippen LogP contribution in [-0.2, 0) is 14.8 Å². The molecule has 2 N–H and O–H groups in total. The van der Waals surface area contributed by atoms with Gasteiger partial charge in [-0.2, -0.15) is 0 Å². The Morgan fingerprint density at radius 3 is 2.52 bits per heavy atom. The summed E-state index contributed by atoms with van der Waals surface area (Å²) in [6.45, 7) is 1.54. The van der Waals surface area contributed by atoms with Crippen LogP contribution < -0.4 is 4.72 Å². The maximum Gasteiger partial charge on any atom is 0.244 e. The number of para-hydroxylation sites is 1. The Hall–Kier alpha value is -1.60. The molecule has 0 bridgehead atoms. The Morgan fingerprint density at radius 2 is 1.86 bits per heavy atom. The standard InChI is InChI=1S/C14H20N2O4S/c17-12-6-2-3-7-13(12)21(19,20)15-9-8-14(18)16-10-4-1-5-11-16/h2-3,6-7,15,17H,1,4-5,8-11H2. The number of hydrogen-bond acceptors (Lipinski definition) is 4. The van der Waals surface area contributed by atoms with Crippen molar-refractivity contribution in [1.82, 2.24) is 9.62 Å². The lowest BCUT2D eigenvalue weighted by atomic mass is 10.1. The first kappa shape index (κ1) is 15.8. The van der Waals surface area contributed by atoms with Gasteiger partial charge in [0, 0.05) is 26.1 Å². The molecule has 1 aromatic carbocycles. The molecule has 21 heavy (non-hydrogen) atoms. The molecule has 0 unspecified atom stereocenters. The number of phenolic OH excluding ortho intramolecular Hbond substituents is 1. The average molecular weight is 312 g/mol. The van der Waals surface area contributed by atoms with Gasteiger partial charge in [-0.25, -0.2) is 13.1 Å². The van der Waals surface area contributed by atoms with Crippen LogP contribution in [0.2, 0.25) is 0 Å². The normalized spacial score (nSPS) is 15.9. The number of aromatic hydroxyl groups is 1. The van der Waals surface area contributed by atoms with E-state index in [0.717, 1.165) is 32.4 Å². The van der Waals surface area contributed by atoms with Gasteiger partial charge in [0.15, 0.2) is 0 Å². The Bertz CT molecular complexity index is 595. The van der Waals surface area contributed by atoms with E-state index in [0.29, 0.717) is 0 Å². The highest BCUT2D eigenvalue weighted by Gasteiger charge is 2.20. The summed E-state index contributed by atoms with van der Waals surface area (Å²) in [6.07, 6.45) is 3.29. The molecule has 1 aliphatic heterocycles. The van der Waals surface area contributed by atoms with Gasteiger partial charge in [-0.3, -0.25) is 4.79 Å². The number of sulfonamides is 1. The van der Waals surface area contributed by atoms with E-state index in [-0.39, 0.29) is 29.5 Å². The summed E-state index contributed by atoms with van der Waals surface area (Å²) in [4.78, 5) is 13.5. The van der Waals surface area contributed by atoms with Gasteiger partial charge >= 0.3 is 0 Å². The van der Waals surface area contributed by atoms with E-state index in [1.807, 2.05) is 0 Å². The third-order valence-corrected chi connectivity index (χ3v) is 5.00. The van der Waals surface area contributed by atoms with Gasteiger partial charge < -0.3 is 10.0 Å². The van der Waals surface area contributed by atoms with Crippen LogP contribution in [0.5, 0.6) is 5.75 Å². The number of piperidine rings is 1. The number of carbonyl (C=O) groups is 1. The van der Waals surface area contributed by atoms with Crippen molar-refractivity contribution in [3.8, 4) is 5.75 Å². The van der Waals surface area contributed by atoms with E-state index < -0.39 is 10.0 Å². The number of amides is 1. The van der Waals surface area contributed by atoms with Crippen LogP contribution in [0.4, 0.5) is 0 Å². The molecule has 0 atom stereocenters. The zero-order chi connectivity index (χ0) is 15.3. The first-order valence-corrected chi connectivity index (χ1v) is 8.54. The molecule has 0 saturated carbocycles. The minimum Gasteiger partial charge on any atom is -0.507 e. The van der Waals surface area contributed by atoms with Crippen molar-refractivity contribution in [1.29, 1.82) is 0 Å². The summed E-state index contributed by atoms with van der Waals surface area (Å²) in [7, 11) is -3.79. The number of rotatable bonds is 5. The third kappa shape index (κ3) is 4.18. The zero-order valence-corrected chi connectivity index (χ0v) is 12.6. The maximum atomic E-state index is 12.0. The van der Waals surface area contributed by atoms with Crippen LogP contribution in [-0.4, -0.2) is 44.0 Å². The fourth-order valence-electron chi connectivity index (χ4n) is 2.36. The molecule has 1 saturated heterocycles. The third-order valence-electron chi connectivity index (χ3n) is 3.49. The minimum atomic E-state index is -3.79. The lowest BCUT2D eigenvalue weighted by Crippen LogP contribution is -2.37. The summed E-state index contributed by atoms with van der Waals surface area (Å²) in [5.41, 5.74) is 0. The average Bonchev–Trinajstić information content (AvgIpc) is 2.48. The second-order valence-electron chi connectivity index (χ2n) is 5.06. The van der Waals surface area contributed by atoms with Crippen LogP contribution in [0.1, 0.15) is 25.7 Å². The Balaban J connectivity index is 1.88. The Kier molecular flexibility index (Phi) is 5.19. The van der Waals surface area contributed by atoms with Gasteiger partial charge in [-0.1, -0.05) is 12.1 Å². The molecule has 0 aromatic heterocycles. The van der Waals surface area contributed by atoms with Crippen LogP contribution in [0.3, 0.4) is 0 Å².